The van der Waals surface area contributed by atoms with Crippen molar-refractivity contribution >= 4 is 17.7 Å². The maximum atomic E-state index is 12.3. The number of nitrogens with zero attached hydrogens (tertiary/aromatic N) is 4. The molecule has 0 fully saturated rings. The van der Waals surface area contributed by atoms with Crippen LogP contribution in [-0.4, -0.2) is 51.1 Å². The summed E-state index contributed by atoms with van der Waals surface area (Å²) in [4.78, 5) is 26.2. The number of carbonyl (C=O) groups is 1. The van der Waals surface area contributed by atoms with Crippen LogP contribution in [0.5, 0.6) is 0 Å². The van der Waals surface area contributed by atoms with Crippen molar-refractivity contribution in [1.29, 1.82) is 0 Å². The Bertz CT molecular complexity index is 877. The van der Waals surface area contributed by atoms with Gasteiger partial charge >= 0.3 is 0 Å². The molecule has 0 saturated carbocycles. The largest absolute Gasteiger partial charge is 0.359 e. The Morgan fingerprint density at radius 1 is 1.15 bits per heavy atom. The van der Waals surface area contributed by atoms with Crippen molar-refractivity contribution in [3.8, 4) is 0 Å². The van der Waals surface area contributed by atoms with Crippen molar-refractivity contribution in [3.63, 3.8) is 0 Å². The van der Waals surface area contributed by atoms with Crippen LogP contribution < -0.4 is 5.43 Å². The first-order chi connectivity index (χ1) is 13.0. The first kappa shape index (κ1) is 19.0. The summed E-state index contributed by atoms with van der Waals surface area (Å²) in [6.45, 7) is 11.7. The van der Waals surface area contributed by atoms with Gasteiger partial charge in [-0.15, -0.1) is 0 Å². The number of aromatic nitrogens is 3. The number of hydrazone groups is 1. The molecule has 2 aromatic rings. The van der Waals surface area contributed by atoms with Crippen LogP contribution in [0.25, 0.3) is 6.08 Å². The molecule has 27 heavy (non-hydrogen) atoms. The minimum atomic E-state index is -0.217. The molecule has 0 saturated heterocycles. The molecular formula is C20H26N6O. The fourth-order valence-corrected chi connectivity index (χ4v) is 3.40. The second-order valence-electron chi connectivity index (χ2n) is 6.63. The van der Waals surface area contributed by atoms with Gasteiger partial charge in [-0.2, -0.15) is 5.10 Å². The molecule has 0 aromatic carbocycles. The predicted molar refractivity (Wildman–Crippen MR) is 106 cm³/mol. The van der Waals surface area contributed by atoms with Gasteiger partial charge in [0, 0.05) is 35.9 Å². The fraction of sp³-hybridized carbons (Fsp3) is 0.400. The monoisotopic (exact) mass is 366 g/mol. The van der Waals surface area contributed by atoms with Crippen LogP contribution in [-0.2, 0) is 11.2 Å². The molecule has 142 valence electrons. The number of likely N-dealkylation sites (N-methyl/N-ethyl adjacent to an activating group) is 1. The lowest BCUT2D eigenvalue weighted by atomic mass is 10.0. The van der Waals surface area contributed by atoms with E-state index in [0.717, 1.165) is 37.4 Å². The van der Waals surface area contributed by atoms with Crippen LogP contribution in [0.4, 0.5) is 0 Å². The van der Waals surface area contributed by atoms with Crippen molar-refractivity contribution in [2.24, 2.45) is 5.10 Å². The number of aromatic amines is 1. The Balaban J connectivity index is 1.89. The van der Waals surface area contributed by atoms with Gasteiger partial charge < -0.3 is 9.88 Å². The minimum Gasteiger partial charge on any atom is -0.359 e. The summed E-state index contributed by atoms with van der Waals surface area (Å²) in [6, 6.07) is 0. The molecule has 0 bridgehead atoms. The van der Waals surface area contributed by atoms with Gasteiger partial charge in [0.05, 0.1) is 5.57 Å². The lowest BCUT2D eigenvalue weighted by Crippen LogP contribution is -2.25. The molecule has 0 aliphatic carbocycles. The summed E-state index contributed by atoms with van der Waals surface area (Å²) < 4.78 is 0. The Morgan fingerprint density at radius 3 is 2.52 bits per heavy atom. The van der Waals surface area contributed by atoms with E-state index in [0.29, 0.717) is 16.8 Å². The molecule has 1 amide bonds. The Morgan fingerprint density at radius 2 is 1.85 bits per heavy atom. The normalized spacial score (nSPS) is 15.5. The quantitative estimate of drug-likeness (QED) is 0.736. The molecule has 7 heteroatoms. The zero-order chi connectivity index (χ0) is 19.4. The minimum absolute atomic E-state index is 0.217. The number of hydrogen-bond donors (Lipinski definition) is 2. The van der Waals surface area contributed by atoms with Crippen molar-refractivity contribution in [3.05, 3.63) is 52.4 Å². The van der Waals surface area contributed by atoms with Crippen LogP contribution >= 0.6 is 0 Å². The molecule has 1 aliphatic rings. The summed E-state index contributed by atoms with van der Waals surface area (Å²) in [5.74, 6) is -0.217. The first-order valence-corrected chi connectivity index (χ1v) is 9.31. The molecular weight excluding hydrogens is 340 g/mol. The highest BCUT2D eigenvalue weighted by molar-refractivity contribution is 6.33. The third-order valence-electron chi connectivity index (χ3n) is 5.10. The van der Waals surface area contributed by atoms with E-state index in [-0.39, 0.29) is 5.91 Å². The SMILES string of the molecule is CCN(CC)CCc1c(C)[nH]c(/C=C2/C(=O)NN=C2c2cncnc2)c1C. The van der Waals surface area contributed by atoms with Crippen LogP contribution in [0, 0.1) is 13.8 Å². The third kappa shape index (κ3) is 3.98. The number of nitrogens with one attached hydrogen (secondary N) is 2. The number of H-pyrrole nitrogens is 1. The molecule has 2 N–H and O–H groups in total. The lowest BCUT2D eigenvalue weighted by Gasteiger charge is -2.17. The van der Waals surface area contributed by atoms with Crippen LogP contribution in [0.3, 0.4) is 0 Å². The number of rotatable bonds is 7. The van der Waals surface area contributed by atoms with Crippen molar-refractivity contribution in [2.75, 3.05) is 19.6 Å². The van der Waals surface area contributed by atoms with Gasteiger partial charge in [-0.05, 0) is 50.6 Å². The van der Waals surface area contributed by atoms with Crippen molar-refractivity contribution < 1.29 is 4.79 Å². The Labute approximate surface area is 159 Å². The molecule has 0 atom stereocenters. The number of hydrogen-bond acceptors (Lipinski definition) is 5. The first-order valence-electron chi connectivity index (χ1n) is 9.31. The second-order valence-corrected chi connectivity index (χ2v) is 6.63. The van der Waals surface area contributed by atoms with Gasteiger partial charge in [0.25, 0.3) is 5.91 Å². The Hall–Kier alpha value is -2.80. The summed E-state index contributed by atoms with van der Waals surface area (Å²) in [5, 5.41) is 4.15. The summed E-state index contributed by atoms with van der Waals surface area (Å²) >= 11 is 0. The van der Waals surface area contributed by atoms with Gasteiger partial charge in [-0.3, -0.25) is 4.79 Å². The average molecular weight is 366 g/mol. The zero-order valence-corrected chi connectivity index (χ0v) is 16.3. The predicted octanol–water partition coefficient (Wildman–Crippen LogP) is 2.22. The molecule has 3 rings (SSSR count). The van der Waals surface area contributed by atoms with Crippen molar-refractivity contribution in [1.82, 2.24) is 25.3 Å². The second kappa shape index (κ2) is 8.26. The molecule has 1 aliphatic heterocycles. The fourth-order valence-electron chi connectivity index (χ4n) is 3.40. The third-order valence-corrected chi connectivity index (χ3v) is 5.10. The smallest absolute Gasteiger partial charge is 0.273 e. The van der Waals surface area contributed by atoms with Gasteiger partial charge in [0.15, 0.2) is 0 Å². The molecule has 0 radical (unpaired) electrons. The molecule has 2 aromatic heterocycles. The van der Waals surface area contributed by atoms with Crippen LogP contribution in [0.15, 0.2) is 29.4 Å². The maximum absolute atomic E-state index is 12.3. The highest BCUT2D eigenvalue weighted by Gasteiger charge is 2.25. The standard InChI is InChI=1S/C20H26N6O/c1-5-26(6-2)8-7-16-13(3)18(23-14(16)4)9-17-19(24-25-20(17)27)15-10-21-12-22-11-15/h9-12,23H,5-8H2,1-4H3,(H,25,27)/b17-9+. The number of carbonyl (C=O) groups excluding carboxylic acids is 1. The Kier molecular flexibility index (Phi) is 5.81. The molecule has 0 unspecified atom stereocenters. The van der Waals surface area contributed by atoms with E-state index < -0.39 is 0 Å². The van der Waals surface area contributed by atoms with E-state index in [2.05, 4.69) is 58.1 Å². The lowest BCUT2D eigenvalue weighted by molar-refractivity contribution is -0.116. The highest BCUT2D eigenvalue weighted by Crippen LogP contribution is 2.23. The average Bonchev–Trinajstić information content (AvgIpc) is 3.17. The van der Waals surface area contributed by atoms with Gasteiger partial charge in [-0.1, -0.05) is 13.8 Å². The molecule has 3 heterocycles. The van der Waals surface area contributed by atoms with Gasteiger partial charge in [-0.25, -0.2) is 15.4 Å². The van der Waals surface area contributed by atoms with Gasteiger partial charge in [0.2, 0.25) is 0 Å². The van der Waals surface area contributed by atoms with E-state index in [1.807, 2.05) is 6.08 Å². The summed E-state index contributed by atoms with van der Waals surface area (Å²) in [7, 11) is 0. The summed E-state index contributed by atoms with van der Waals surface area (Å²) in [6.07, 6.45) is 7.62. The summed E-state index contributed by atoms with van der Waals surface area (Å²) in [5.41, 5.74) is 8.91. The van der Waals surface area contributed by atoms with E-state index in [9.17, 15) is 4.79 Å². The topological polar surface area (TPSA) is 86.3 Å². The zero-order valence-electron chi connectivity index (χ0n) is 16.3. The van der Waals surface area contributed by atoms with E-state index in [4.69, 9.17) is 0 Å². The van der Waals surface area contributed by atoms with Crippen LogP contribution in [0.2, 0.25) is 0 Å². The van der Waals surface area contributed by atoms with Crippen LogP contribution in [0.1, 0.15) is 41.9 Å². The maximum Gasteiger partial charge on any atom is 0.273 e. The molecule has 7 nitrogen and oxygen atoms in total. The van der Waals surface area contributed by atoms with E-state index in [1.54, 1.807) is 12.4 Å². The van der Waals surface area contributed by atoms with Gasteiger partial charge in [0.1, 0.15) is 12.0 Å². The number of aryl methyl sites for hydroxylation is 1. The van der Waals surface area contributed by atoms with E-state index in [1.165, 1.54) is 17.5 Å². The number of amides is 1. The van der Waals surface area contributed by atoms with E-state index >= 15 is 0 Å². The van der Waals surface area contributed by atoms with Crippen molar-refractivity contribution in [2.45, 2.75) is 34.1 Å². The highest BCUT2D eigenvalue weighted by atomic mass is 16.2. The molecule has 0 spiro atoms.